The summed E-state index contributed by atoms with van der Waals surface area (Å²) in [4.78, 5) is 14.5. The van der Waals surface area contributed by atoms with E-state index in [0.717, 1.165) is 37.8 Å². The van der Waals surface area contributed by atoms with E-state index in [2.05, 4.69) is 54.2 Å². The Hall–Kier alpha value is -1.63. The molecular formula is C21H36N6S. The van der Waals surface area contributed by atoms with Crippen LogP contribution in [0.2, 0.25) is 0 Å². The number of hydrogen-bond acceptors (Lipinski definition) is 5. The molecule has 0 radical (unpaired) electrons. The van der Waals surface area contributed by atoms with Gasteiger partial charge in [-0.1, -0.05) is 26.7 Å². The molecule has 28 heavy (non-hydrogen) atoms. The molecule has 2 aliphatic heterocycles. The molecule has 156 valence electrons. The van der Waals surface area contributed by atoms with Crippen molar-refractivity contribution in [2.24, 2.45) is 11.8 Å². The average Bonchev–Trinajstić information content (AvgIpc) is 2.89. The predicted molar refractivity (Wildman–Crippen MR) is 122 cm³/mol. The SMILES string of the molecule is CC(C)NC(=S)Nc1nc(N2CCCCCC2)cc(N2C[C@H](C)C[C@@H](C)C2)n1. The fraction of sp³-hybridized carbons (Fsp3) is 0.762. The first-order chi connectivity index (χ1) is 13.4. The fourth-order valence-electron chi connectivity index (χ4n) is 4.35. The van der Waals surface area contributed by atoms with Crippen molar-refractivity contribution in [2.45, 2.75) is 65.8 Å². The van der Waals surface area contributed by atoms with Crippen LogP contribution in [0.4, 0.5) is 17.6 Å². The van der Waals surface area contributed by atoms with Crippen LogP contribution in [0.15, 0.2) is 6.07 Å². The Bertz CT molecular complexity index is 646. The van der Waals surface area contributed by atoms with Crippen molar-refractivity contribution in [1.29, 1.82) is 0 Å². The second kappa shape index (κ2) is 9.72. The highest BCUT2D eigenvalue weighted by Gasteiger charge is 2.24. The van der Waals surface area contributed by atoms with E-state index in [4.69, 9.17) is 22.2 Å². The molecule has 0 saturated carbocycles. The van der Waals surface area contributed by atoms with Gasteiger partial charge < -0.3 is 20.4 Å². The summed E-state index contributed by atoms with van der Waals surface area (Å²) in [5, 5.41) is 7.02. The first-order valence-corrected chi connectivity index (χ1v) is 11.3. The molecule has 0 aromatic carbocycles. The van der Waals surface area contributed by atoms with E-state index < -0.39 is 0 Å². The molecule has 1 aromatic heterocycles. The lowest BCUT2D eigenvalue weighted by molar-refractivity contribution is 0.355. The highest BCUT2D eigenvalue weighted by atomic mass is 32.1. The van der Waals surface area contributed by atoms with Gasteiger partial charge in [0.15, 0.2) is 5.11 Å². The lowest BCUT2D eigenvalue weighted by Crippen LogP contribution is -2.40. The summed E-state index contributed by atoms with van der Waals surface area (Å²) in [7, 11) is 0. The van der Waals surface area contributed by atoms with E-state index in [1.165, 1.54) is 32.1 Å². The Morgan fingerprint density at radius 2 is 1.57 bits per heavy atom. The van der Waals surface area contributed by atoms with E-state index >= 15 is 0 Å². The molecule has 2 fully saturated rings. The zero-order chi connectivity index (χ0) is 20.1. The van der Waals surface area contributed by atoms with Gasteiger partial charge in [0.05, 0.1) is 0 Å². The maximum absolute atomic E-state index is 5.44. The van der Waals surface area contributed by atoms with Crippen LogP contribution in [-0.4, -0.2) is 47.3 Å². The Morgan fingerprint density at radius 3 is 2.14 bits per heavy atom. The summed E-state index contributed by atoms with van der Waals surface area (Å²) in [6, 6.07) is 2.46. The maximum Gasteiger partial charge on any atom is 0.232 e. The van der Waals surface area contributed by atoms with Crippen molar-refractivity contribution in [1.82, 2.24) is 15.3 Å². The van der Waals surface area contributed by atoms with Crippen LogP contribution in [-0.2, 0) is 0 Å². The second-order valence-corrected chi connectivity index (χ2v) is 9.32. The zero-order valence-electron chi connectivity index (χ0n) is 17.9. The van der Waals surface area contributed by atoms with Gasteiger partial charge in [-0.05, 0) is 57.2 Å². The third kappa shape index (κ3) is 5.93. The van der Waals surface area contributed by atoms with Crippen LogP contribution in [0.25, 0.3) is 0 Å². The number of rotatable bonds is 4. The van der Waals surface area contributed by atoms with Crippen molar-refractivity contribution in [3.8, 4) is 0 Å². The van der Waals surface area contributed by atoms with Gasteiger partial charge in [0, 0.05) is 38.3 Å². The minimum absolute atomic E-state index is 0.275. The average molecular weight is 405 g/mol. The summed E-state index contributed by atoms with van der Waals surface area (Å²) in [5.41, 5.74) is 0. The van der Waals surface area contributed by atoms with Crippen LogP contribution >= 0.6 is 12.2 Å². The number of anilines is 3. The van der Waals surface area contributed by atoms with Crippen LogP contribution in [0.5, 0.6) is 0 Å². The Morgan fingerprint density at radius 1 is 1.00 bits per heavy atom. The Labute approximate surface area is 175 Å². The molecule has 2 atom stereocenters. The summed E-state index contributed by atoms with van der Waals surface area (Å²) >= 11 is 5.44. The van der Waals surface area contributed by atoms with Gasteiger partial charge in [0.2, 0.25) is 5.95 Å². The molecule has 2 saturated heterocycles. The lowest BCUT2D eigenvalue weighted by Gasteiger charge is -2.36. The number of nitrogens with zero attached hydrogens (tertiary/aromatic N) is 4. The molecule has 0 bridgehead atoms. The first-order valence-electron chi connectivity index (χ1n) is 10.9. The van der Waals surface area contributed by atoms with Gasteiger partial charge in [-0.3, -0.25) is 0 Å². The number of hydrogen-bond donors (Lipinski definition) is 2. The molecule has 1 aromatic rings. The minimum atomic E-state index is 0.275. The quantitative estimate of drug-likeness (QED) is 0.735. The van der Waals surface area contributed by atoms with Gasteiger partial charge >= 0.3 is 0 Å². The summed E-state index contributed by atoms with van der Waals surface area (Å²) in [5.74, 6) is 4.00. The lowest BCUT2D eigenvalue weighted by atomic mass is 9.92. The fourth-order valence-corrected chi connectivity index (χ4v) is 4.68. The summed E-state index contributed by atoms with van der Waals surface area (Å²) in [6.45, 7) is 13.0. The normalized spacial score (nSPS) is 23.5. The molecule has 0 aliphatic carbocycles. The number of piperidine rings is 1. The molecule has 3 rings (SSSR count). The molecule has 0 unspecified atom stereocenters. The van der Waals surface area contributed by atoms with Crippen molar-refractivity contribution in [3.05, 3.63) is 6.07 Å². The van der Waals surface area contributed by atoms with Gasteiger partial charge in [-0.2, -0.15) is 9.97 Å². The molecule has 2 N–H and O–H groups in total. The van der Waals surface area contributed by atoms with Crippen LogP contribution in [0.3, 0.4) is 0 Å². The van der Waals surface area contributed by atoms with E-state index in [9.17, 15) is 0 Å². The van der Waals surface area contributed by atoms with Crippen molar-refractivity contribution < 1.29 is 0 Å². The monoisotopic (exact) mass is 404 g/mol. The summed E-state index contributed by atoms with van der Waals surface area (Å²) in [6.07, 6.45) is 6.36. The molecule has 7 heteroatoms. The topological polar surface area (TPSA) is 56.3 Å². The second-order valence-electron chi connectivity index (χ2n) is 8.91. The Balaban J connectivity index is 1.87. The predicted octanol–water partition coefficient (Wildman–Crippen LogP) is 4.03. The Kier molecular flexibility index (Phi) is 7.32. The largest absolute Gasteiger partial charge is 0.360 e. The molecular weight excluding hydrogens is 368 g/mol. The maximum atomic E-state index is 5.44. The van der Waals surface area contributed by atoms with E-state index in [1.54, 1.807) is 0 Å². The van der Waals surface area contributed by atoms with Gasteiger partial charge in [-0.25, -0.2) is 0 Å². The summed E-state index contributed by atoms with van der Waals surface area (Å²) < 4.78 is 0. The third-order valence-corrected chi connectivity index (χ3v) is 5.69. The van der Waals surface area contributed by atoms with Crippen molar-refractivity contribution in [3.63, 3.8) is 0 Å². The third-order valence-electron chi connectivity index (χ3n) is 5.47. The number of nitrogens with one attached hydrogen (secondary N) is 2. The number of aromatic nitrogens is 2. The van der Waals surface area contributed by atoms with E-state index in [0.29, 0.717) is 22.9 Å². The molecule has 3 heterocycles. The number of thiocarbonyl (C=S) groups is 1. The highest BCUT2D eigenvalue weighted by Crippen LogP contribution is 2.29. The van der Waals surface area contributed by atoms with Crippen LogP contribution < -0.4 is 20.4 Å². The van der Waals surface area contributed by atoms with Crippen molar-refractivity contribution in [2.75, 3.05) is 41.3 Å². The van der Waals surface area contributed by atoms with E-state index in [-0.39, 0.29) is 6.04 Å². The molecule has 6 nitrogen and oxygen atoms in total. The zero-order valence-corrected chi connectivity index (χ0v) is 18.7. The minimum Gasteiger partial charge on any atom is -0.360 e. The van der Waals surface area contributed by atoms with Gasteiger partial charge in [0.25, 0.3) is 0 Å². The van der Waals surface area contributed by atoms with Crippen LogP contribution in [0, 0.1) is 11.8 Å². The van der Waals surface area contributed by atoms with Crippen LogP contribution in [0.1, 0.15) is 59.8 Å². The smallest absolute Gasteiger partial charge is 0.232 e. The standard InChI is InChI=1S/C21H36N6S/c1-15(2)22-21(28)25-20-23-18(26-9-7-5-6-8-10-26)12-19(24-20)27-13-16(3)11-17(4)14-27/h12,15-17H,5-11,13-14H2,1-4H3,(H2,22,23,24,25,28)/t16-,17-/m1/s1. The molecule has 2 aliphatic rings. The first kappa shape index (κ1) is 21.1. The van der Waals surface area contributed by atoms with Gasteiger partial charge in [0.1, 0.15) is 11.6 Å². The molecule has 0 spiro atoms. The van der Waals surface area contributed by atoms with Crippen molar-refractivity contribution >= 4 is 34.9 Å². The highest BCUT2D eigenvalue weighted by molar-refractivity contribution is 7.80. The molecule has 0 amide bonds. The van der Waals surface area contributed by atoms with E-state index in [1.807, 2.05) is 0 Å². The van der Waals surface area contributed by atoms with Gasteiger partial charge in [-0.15, -0.1) is 0 Å².